The van der Waals surface area contributed by atoms with Crippen LogP contribution in [0.4, 0.5) is 0 Å². The number of nitrogens with zero attached hydrogens (tertiary/aromatic N) is 1. The molecule has 1 aromatic heterocycles. The first-order valence-electron chi connectivity index (χ1n) is 5.98. The molecule has 1 heterocycles. The van der Waals surface area contributed by atoms with E-state index in [0.717, 1.165) is 5.69 Å². The SMILES string of the molecule is COc1ccc(C(=O)O)c(OCc2nc(C)c(C)o2)c1. The van der Waals surface area contributed by atoms with Gasteiger partial charge in [-0.2, -0.15) is 0 Å². The van der Waals surface area contributed by atoms with Crippen molar-refractivity contribution in [2.24, 2.45) is 0 Å². The molecule has 0 saturated carbocycles. The Kier molecular flexibility index (Phi) is 3.93. The molecule has 1 aromatic carbocycles. The average Bonchev–Trinajstić information content (AvgIpc) is 2.75. The number of carbonyl (C=O) groups is 1. The number of methoxy groups -OCH3 is 1. The quantitative estimate of drug-likeness (QED) is 0.904. The number of rotatable bonds is 5. The summed E-state index contributed by atoms with van der Waals surface area (Å²) in [4.78, 5) is 15.3. The van der Waals surface area contributed by atoms with E-state index in [-0.39, 0.29) is 17.9 Å². The smallest absolute Gasteiger partial charge is 0.339 e. The molecule has 1 N–H and O–H groups in total. The molecule has 6 nitrogen and oxygen atoms in total. The van der Waals surface area contributed by atoms with E-state index in [0.29, 0.717) is 17.4 Å². The third-order valence-corrected chi connectivity index (χ3v) is 2.84. The van der Waals surface area contributed by atoms with E-state index >= 15 is 0 Å². The summed E-state index contributed by atoms with van der Waals surface area (Å²) in [6.07, 6.45) is 0. The van der Waals surface area contributed by atoms with Crippen LogP contribution in [0.1, 0.15) is 27.7 Å². The first-order valence-corrected chi connectivity index (χ1v) is 5.98. The minimum absolute atomic E-state index is 0.0577. The van der Waals surface area contributed by atoms with Gasteiger partial charge in [0.15, 0.2) is 6.61 Å². The van der Waals surface area contributed by atoms with Crippen molar-refractivity contribution in [1.29, 1.82) is 0 Å². The summed E-state index contributed by atoms with van der Waals surface area (Å²) in [6, 6.07) is 4.52. The maximum atomic E-state index is 11.1. The van der Waals surface area contributed by atoms with Crippen LogP contribution in [-0.4, -0.2) is 23.2 Å². The van der Waals surface area contributed by atoms with Crippen molar-refractivity contribution in [1.82, 2.24) is 4.98 Å². The number of carboxylic acid groups (broad SMARTS) is 1. The van der Waals surface area contributed by atoms with E-state index in [1.807, 2.05) is 6.92 Å². The van der Waals surface area contributed by atoms with Crippen LogP contribution in [0.2, 0.25) is 0 Å². The highest BCUT2D eigenvalue weighted by molar-refractivity contribution is 5.91. The van der Waals surface area contributed by atoms with Gasteiger partial charge < -0.3 is 19.0 Å². The van der Waals surface area contributed by atoms with E-state index in [1.54, 1.807) is 13.0 Å². The molecule has 0 atom stereocenters. The standard InChI is InChI=1S/C14H15NO5/c1-8-9(2)20-13(15-8)7-19-12-6-10(18-3)4-5-11(12)14(16)17/h4-6H,7H2,1-3H3,(H,16,17). The second-order valence-electron chi connectivity index (χ2n) is 4.21. The number of aromatic carboxylic acids is 1. The molecular formula is C14H15NO5. The molecule has 0 saturated heterocycles. The third-order valence-electron chi connectivity index (χ3n) is 2.84. The van der Waals surface area contributed by atoms with Gasteiger partial charge >= 0.3 is 5.97 Å². The Labute approximate surface area is 116 Å². The molecule has 0 spiro atoms. The van der Waals surface area contributed by atoms with Gasteiger partial charge in [-0.15, -0.1) is 0 Å². The van der Waals surface area contributed by atoms with E-state index < -0.39 is 5.97 Å². The lowest BCUT2D eigenvalue weighted by molar-refractivity contribution is 0.0691. The molecule has 6 heteroatoms. The summed E-state index contributed by atoms with van der Waals surface area (Å²) in [5.41, 5.74) is 0.846. The lowest BCUT2D eigenvalue weighted by Crippen LogP contribution is -2.04. The summed E-state index contributed by atoms with van der Waals surface area (Å²) in [5, 5.41) is 9.11. The van der Waals surface area contributed by atoms with Gasteiger partial charge in [0.05, 0.1) is 12.8 Å². The van der Waals surface area contributed by atoms with Crippen molar-refractivity contribution in [3.63, 3.8) is 0 Å². The highest BCUT2D eigenvalue weighted by Crippen LogP contribution is 2.25. The zero-order valence-electron chi connectivity index (χ0n) is 11.5. The summed E-state index contributed by atoms with van der Waals surface area (Å²) < 4.78 is 15.9. The van der Waals surface area contributed by atoms with E-state index in [9.17, 15) is 4.79 Å². The Hall–Kier alpha value is -2.50. The molecule has 20 heavy (non-hydrogen) atoms. The van der Waals surface area contributed by atoms with Crippen molar-refractivity contribution < 1.29 is 23.8 Å². The van der Waals surface area contributed by atoms with Crippen LogP contribution in [-0.2, 0) is 6.61 Å². The van der Waals surface area contributed by atoms with Gasteiger partial charge in [-0.25, -0.2) is 9.78 Å². The fourth-order valence-electron chi connectivity index (χ4n) is 1.67. The zero-order valence-corrected chi connectivity index (χ0v) is 11.5. The number of aryl methyl sites for hydroxylation is 2. The largest absolute Gasteiger partial charge is 0.497 e. The van der Waals surface area contributed by atoms with Crippen LogP contribution < -0.4 is 9.47 Å². The van der Waals surface area contributed by atoms with E-state index in [1.165, 1.54) is 19.2 Å². The maximum Gasteiger partial charge on any atom is 0.339 e. The number of benzene rings is 1. The number of hydrogen-bond acceptors (Lipinski definition) is 5. The summed E-state index contributed by atoms with van der Waals surface area (Å²) in [6.45, 7) is 3.69. The lowest BCUT2D eigenvalue weighted by Gasteiger charge is -2.09. The highest BCUT2D eigenvalue weighted by atomic mass is 16.5. The summed E-state index contributed by atoms with van der Waals surface area (Å²) in [7, 11) is 1.50. The molecule has 0 aliphatic rings. The maximum absolute atomic E-state index is 11.1. The van der Waals surface area contributed by atoms with Gasteiger partial charge in [0.2, 0.25) is 5.89 Å². The number of carboxylic acids is 1. The van der Waals surface area contributed by atoms with E-state index in [4.69, 9.17) is 19.0 Å². The second kappa shape index (κ2) is 5.64. The molecule has 106 valence electrons. The number of oxazole rings is 1. The summed E-state index contributed by atoms with van der Waals surface area (Å²) >= 11 is 0. The minimum atomic E-state index is -1.07. The first kappa shape index (κ1) is 13.9. The average molecular weight is 277 g/mol. The monoisotopic (exact) mass is 277 g/mol. The van der Waals surface area contributed by atoms with Gasteiger partial charge in [0.25, 0.3) is 0 Å². The van der Waals surface area contributed by atoms with Gasteiger partial charge in [0.1, 0.15) is 22.8 Å². The van der Waals surface area contributed by atoms with Crippen LogP contribution in [0.3, 0.4) is 0 Å². The number of ether oxygens (including phenoxy) is 2. The minimum Gasteiger partial charge on any atom is -0.497 e. The number of hydrogen-bond donors (Lipinski definition) is 1. The predicted molar refractivity (Wildman–Crippen MR) is 70.3 cm³/mol. The fourth-order valence-corrected chi connectivity index (χ4v) is 1.67. The summed E-state index contributed by atoms with van der Waals surface area (Å²) in [5.74, 6) is 0.782. The zero-order chi connectivity index (χ0) is 14.7. The molecule has 0 radical (unpaired) electrons. The van der Waals surface area contributed by atoms with Gasteiger partial charge in [-0.3, -0.25) is 0 Å². The molecule has 0 bridgehead atoms. The Balaban J connectivity index is 2.20. The molecular weight excluding hydrogens is 262 g/mol. The first-order chi connectivity index (χ1) is 9.51. The second-order valence-corrected chi connectivity index (χ2v) is 4.21. The Morgan fingerprint density at radius 1 is 1.40 bits per heavy atom. The predicted octanol–water partition coefficient (Wildman–Crippen LogP) is 2.58. The topological polar surface area (TPSA) is 81.8 Å². The molecule has 0 aliphatic heterocycles. The molecule has 0 unspecified atom stereocenters. The Bertz CT molecular complexity index is 613. The van der Waals surface area contributed by atoms with Crippen LogP contribution in [0.5, 0.6) is 11.5 Å². The van der Waals surface area contributed by atoms with Crippen molar-refractivity contribution in [3.05, 3.63) is 41.1 Å². The normalized spacial score (nSPS) is 10.3. The number of aromatic nitrogens is 1. The van der Waals surface area contributed by atoms with Crippen molar-refractivity contribution in [2.45, 2.75) is 20.5 Å². The fraction of sp³-hybridized carbons (Fsp3) is 0.286. The molecule has 2 aromatic rings. The third kappa shape index (κ3) is 2.90. The van der Waals surface area contributed by atoms with Crippen LogP contribution in [0, 0.1) is 13.8 Å². The van der Waals surface area contributed by atoms with Crippen molar-refractivity contribution >= 4 is 5.97 Å². The molecule has 2 rings (SSSR count). The Morgan fingerprint density at radius 3 is 2.70 bits per heavy atom. The van der Waals surface area contributed by atoms with Crippen LogP contribution >= 0.6 is 0 Å². The molecule has 0 amide bonds. The lowest BCUT2D eigenvalue weighted by atomic mass is 10.2. The van der Waals surface area contributed by atoms with Crippen LogP contribution in [0.25, 0.3) is 0 Å². The highest BCUT2D eigenvalue weighted by Gasteiger charge is 2.14. The van der Waals surface area contributed by atoms with Crippen molar-refractivity contribution in [2.75, 3.05) is 7.11 Å². The Morgan fingerprint density at radius 2 is 2.15 bits per heavy atom. The van der Waals surface area contributed by atoms with Gasteiger partial charge in [0, 0.05) is 6.07 Å². The van der Waals surface area contributed by atoms with E-state index in [2.05, 4.69) is 4.98 Å². The van der Waals surface area contributed by atoms with Crippen molar-refractivity contribution in [3.8, 4) is 11.5 Å². The molecule has 0 fully saturated rings. The van der Waals surface area contributed by atoms with Gasteiger partial charge in [-0.05, 0) is 26.0 Å². The van der Waals surface area contributed by atoms with Gasteiger partial charge in [-0.1, -0.05) is 0 Å². The molecule has 0 aliphatic carbocycles. The van der Waals surface area contributed by atoms with Crippen LogP contribution in [0.15, 0.2) is 22.6 Å².